The highest BCUT2D eigenvalue weighted by molar-refractivity contribution is 6.48. The fourth-order valence-electron chi connectivity index (χ4n) is 3.19. The molecule has 0 amide bonds. The zero-order chi connectivity index (χ0) is 20.9. The van der Waals surface area contributed by atoms with E-state index >= 15 is 0 Å². The Hall–Kier alpha value is -2.01. The van der Waals surface area contributed by atoms with Gasteiger partial charge in [0.05, 0.1) is 27.1 Å². The molecule has 0 spiro atoms. The van der Waals surface area contributed by atoms with E-state index < -0.39 is 30.4 Å². The molecule has 0 saturated carbocycles. The Morgan fingerprint density at radius 2 is 1.71 bits per heavy atom. The van der Waals surface area contributed by atoms with Gasteiger partial charge in [0.1, 0.15) is 11.9 Å². The minimum absolute atomic E-state index is 0.0326. The van der Waals surface area contributed by atoms with E-state index in [2.05, 4.69) is 0 Å². The van der Waals surface area contributed by atoms with E-state index in [1.807, 2.05) is 0 Å². The predicted octanol–water partition coefficient (Wildman–Crippen LogP) is 5.86. The number of hydrogen-bond acceptors (Lipinski definition) is 2. The van der Waals surface area contributed by atoms with Crippen molar-refractivity contribution in [2.24, 2.45) is 0 Å². The topological polar surface area (TPSA) is 49.9 Å². The van der Waals surface area contributed by atoms with E-state index in [4.69, 9.17) is 40.1 Å². The van der Waals surface area contributed by atoms with Crippen LogP contribution >= 0.6 is 34.8 Å². The molecule has 1 atom stereocenters. The quantitative estimate of drug-likeness (QED) is 0.248. The maximum atomic E-state index is 14.1. The predicted molar refractivity (Wildman–Crippen MR) is 97.5 cm³/mol. The van der Waals surface area contributed by atoms with Crippen molar-refractivity contribution in [2.75, 3.05) is 6.54 Å². The highest BCUT2D eigenvalue weighted by Gasteiger charge is 2.63. The SMILES string of the molecule is N#Cc1cc(C2=[N+]([O-])CC(c3cc(Cl)c(Cl)c(Cl)c3)(C(F)(F)F)C2)ccc1F. The van der Waals surface area contributed by atoms with E-state index in [1.54, 1.807) is 6.07 Å². The smallest absolute Gasteiger partial charge is 0.405 e. The molecule has 1 unspecified atom stereocenters. The van der Waals surface area contributed by atoms with Crippen molar-refractivity contribution < 1.29 is 22.3 Å². The van der Waals surface area contributed by atoms with E-state index in [0.717, 1.165) is 30.3 Å². The standard InChI is InChI=1S/C18H9Cl3F4N2O/c19-12-4-11(5-13(20)16(12)21)17(18(23,24)25)6-15(27(28)8-17)9-1-2-14(22)10(3-9)7-26/h1-5H,6,8H2. The van der Waals surface area contributed by atoms with Gasteiger partial charge in [0, 0.05) is 5.56 Å². The Morgan fingerprint density at radius 1 is 1.11 bits per heavy atom. The summed E-state index contributed by atoms with van der Waals surface area (Å²) in [6, 6.07) is 6.80. The van der Waals surface area contributed by atoms with Crippen LogP contribution in [0.4, 0.5) is 17.6 Å². The lowest BCUT2D eigenvalue weighted by Gasteiger charge is -2.29. The lowest BCUT2D eigenvalue weighted by Crippen LogP contribution is -2.45. The molecular formula is C18H9Cl3F4N2O. The lowest BCUT2D eigenvalue weighted by atomic mass is 9.76. The lowest BCUT2D eigenvalue weighted by molar-refractivity contribution is -0.465. The van der Waals surface area contributed by atoms with Gasteiger partial charge in [0.25, 0.3) is 0 Å². The molecular weight excluding hydrogens is 443 g/mol. The van der Waals surface area contributed by atoms with Crippen LogP contribution < -0.4 is 0 Å². The highest BCUT2D eigenvalue weighted by Crippen LogP contribution is 2.49. The van der Waals surface area contributed by atoms with Crippen molar-refractivity contribution in [3.63, 3.8) is 0 Å². The number of benzene rings is 2. The number of alkyl halides is 3. The highest BCUT2D eigenvalue weighted by atomic mass is 35.5. The van der Waals surface area contributed by atoms with Crippen molar-refractivity contribution in [2.45, 2.75) is 18.0 Å². The van der Waals surface area contributed by atoms with Gasteiger partial charge in [0.15, 0.2) is 17.7 Å². The number of halogens is 7. The normalized spacial score (nSPS) is 19.8. The summed E-state index contributed by atoms with van der Waals surface area (Å²) in [5.41, 5.74) is -3.47. The van der Waals surface area contributed by atoms with Crippen molar-refractivity contribution in [1.82, 2.24) is 0 Å². The average molecular weight is 452 g/mol. The molecule has 3 nitrogen and oxygen atoms in total. The van der Waals surface area contributed by atoms with Crippen LogP contribution in [0.25, 0.3) is 0 Å². The summed E-state index contributed by atoms with van der Waals surface area (Å²) in [5.74, 6) is -0.833. The summed E-state index contributed by atoms with van der Waals surface area (Å²) in [4.78, 5) is 0. The minimum Gasteiger partial charge on any atom is -0.624 e. The van der Waals surface area contributed by atoms with Gasteiger partial charge in [-0.25, -0.2) is 9.13 Å². The van der Waals surface area contributed by atoms with Gasteiger partial charge in [-0.1, -0.05) is 34.8 Å². The summed E-state index contributed by atoms with van der Waals surface area (Å²) in [6.45, 7) is -0.945. The fourth-order valence-corrected chi connectivity index (χ4v) is 3.78. The Morgan fingerprint density at radius 3 is 2.25 bits per heavy atom. The summed E-state index contributed by atoms with van der Waals surface area (Å²) < 4.78 is 56.1. The van der Waals surface area contributed by atoms with Gasteiger partial charge in [0.2, 0.25) is 0 Å². The molecule has 0 aromatic heterocycles. The molecule has 1 aliphatic heterocycles. The van der Waals surface area contributed by atoms with Gasteiger partial charge in [-0.15, -0.1) is 0 Å². The van der Waals surface area contributed by atoms with Gasteiger partial charge in [-0.05, 0) is 35.9 Å². The van der Waals surface area contributed by atoms with Gasteiger partial charge in [-0.3, -0.25) is 0 Å². The van der Waals surface area contributed by atoms with E-state index in [-0.39, 0.29) is 42.2 Å². The molecule has 0 aliphatic carbocycles. The van der Waals surface area contributed by atoms with Crippen LogP contribution in [-0.4, -0.2) is 23.2 Å². The van der Waals surface area contributed by atoms with E-state index in [0.29, 0.717) is 0 Å². The largest absolute Gasteiger partial charge is 0.624 e. The van der Waals surface area contributed by atoms with Crippen LogP contribution in [0.3, 0.4) is 0 Å². The molecule has 2 aromatic rings. The molecule has 2 aromatic carbocycles. The first-order valence-corrected chi connectivity index (χ1v) is 8.86. The minimum atomic E-state index is -4.82. The van der Waals surface area contributed by atoms with Crippen LogP contribution in [-0.2, 0) is 5.41 Å². The number of nitrogens with zero attached hydrogens (tertiary/aromatic N) is 2. The number of hydrogen-bond donors (Lipinski definition) is 0. The fraction of sp³-hybridized carbons (Fsp3) is 0.222. The Balaban J connectivity index is 2.14. The first-order valence-electron chi connectivity index (χ1n) is 7.72. The second-order valence-electron chi connectivity index (χ2n) is 6.30. The number of nitriles is 1. The number of rotatable bonds is 2. The summed E-state index contributed by atoms with van der Waals surface area (Å²) in [7, 11) is 0. The maximum absolute atomic E-state index is 14.1. The van der Waals surface area contributed by atoms with Crippen LogP contribution in [0.2, 0.25) is 15.1 Å². The summed E-state index contributed by atoms with van der Waals surface area (Å²) in [5, 5.41) is 20.9. The van der Waals surface area contributed by atoms with E-state index in [1.165, 1.54) is 0 Å². The zero-order valence-electron chi connectivity index (χ0n) is 13.7. The summed E-state index contributed by atoms with van der Waals surface area (Å²) >= 11 is 17.6. The van der Waals surface area contributed by atoms with Gasteiger partial charge >= 0.3 is 6.18 Å². The second-order valence-corrected chi connectivity index (χ2v) is 7.49. The average Bonchev–Trinajstić information content (AvgIpc) is 2.98. The molecule has 3 rings (SSSR count). The van der Waals surface area contributed by atoms with E-state index in [9.17, 15) is 22.8 Å². The van der Waals surface area contributed by atoms with Crippen molar-refractivity contribution in [3.8, 4) is 6.07 Å². The third-order valence-corrected chi connectivity index (χ3v) is 5.88. The molecule has 0 bridgehead atoms. The zero-order valence-corrected chi connectivity index (χ0v) is 16.0. The summed E-state index contributed by atoms with van der Waals surface area (Å²) in [6.07, 6.45) is -5.55. The first kappa shape index (κ1) is 20.7. The first-order chi connectivity index (χ1) is 13.0. The van der Waals surface area contributed by atoms with Crippen molar-refractivity contribution >= 4 is 40.5 Å². The molecule has 28 heavy (non-hydrogen) atoms. The third kappa shape index (κ3) is 3.30. The van der Waals surface area contributed by atoms with Crippen molar-refractivity contribution in [1.29, 1.82) is 5.26 Å². The van der Waals surface area contributed by atoms with Gasteiger partial charge < -0.3 is 5.21 Å². The Kier molecular flexibility index (Phi) is 5.26. The van der Waals surface area contributed by atoms with Crippen LogP contribution in [0, 0.1) is 22.4 Å². The monoisotopic (exact) mass is 450 g/mol. The van der Waals surface area contributed by atoms with Gasteiger partial charge in [-0.2, -0.15) is 18.4 Å². The third-order valence-electron chi connectivity index (χ3n) is 4.68. The number of hydroxylamine groups is 1. The molecule has 1 heterocycles. The molecule has 1 aliphatic rings. The van der Waals surface area contributed by atoms with Crippen molar-refractivity contribution in [3.05, 3.63) is 73.1 Å². The molecule has 146 valence electrons. The maximum Gasteiger partial charge on any atom is 0.405 e. The van der Waals surface area contributed by atoms with Crippen LogP contribution in [0.15, 0.2) is 30.3 Å². The molecule has 0 radical (unpaired) electrons. The Bertz CT molecular complexity index is 1020. The molecule has 0 fully saturated rings. The van der Waals surface area contributed by atoms with Crippen LogP contribution in [0.5, 0.6) is 0 Å². The Labute approximate surface area is 171 Å². The molecule has 0 N–H and O–H groups in total. The van der Waals surface area contributed by atoms with Crippen LogP contribution in [0.1, 0.15) is 23.1 Å². The second kappa shape index (κ2) is 7.11. The molecule has 10 heteroatoms. The molecule has 0 saturated heterocycles.